The molecule has 15 heavy (non-hydrogen) atoms. The minimum atomic E-state index is -5.17. The van der Waals surface area contributed by atoms with Crippen molar-refractivity contribution in [1.29, 1.82) is 0 Å². The van der Waals surface area contributed by atoms with Gasteiger partial charge in [0.05, 0.1) is 0 Å². The molecule has 0 aromatic carbocycles. The van der Waals surface area contributed by atoms with Gasteiger partial charge in [-0.2, -0.15) is 0 Å². The molecular weight excluding hydrogens is 355 g/mol. The molecule has 0 aromatic rings. The summed E-state index contributed by atoms with van der Waals surface area (Å²) in [6.45, 7) is 0. The molecular formula is H18InO13S+. The molecule has 104 valence electrons. The van der Waals surface area contributed by atoms with E-state index in [1.54, 1.807) is 0 Å². The first-order chi connectivity index (χ1) is 2.00. The molecule has 0 saturated carbocycles. The zero-order valence-corrected chi connectivity index (χ0v) is 11.2. The van der Waals surface area contributed by atoms with Gasteiger partial charge in [0.25, 0.3) is 0 Å². The third-order valence-corrected chi connectivity index (χ3v) is 0. The first kappa shape index (κ1) is 166. The summed E-state index contributed by atoms with van der Waals surface area (Å²) in [4.78, 5) is 0. The number of hydrogen-bond donors (Lipinski definition) is 0. The molecule has 0 spiro atoms. The third kappa shape index (κ3) is 15300. The second kappa shape index (κ2) is 63.2. The van der Waals surface area contributed by atoms with E-state index in [1.165, 1.54) is 0 Å². The maximum atomic E-state index is 8.52. The van der Waals surface area contributed by atoms with Gasteiger partial charge in [0, 0.05) is 10.4 Å². The van der Waals surface area contributed by atoms with E-state index in [0.717, 1.165) is 0 Å². The monoisotopic (exact) mass is 373 g/mol. The number of rotatable bonds is 0. The van der Waals surface area contributed by atoms with Crippen LogP contribution in [0.1, 0.15) is 0 Å². The first-order valence-electron chi connectivity index (χ1n) is 0.667. The van der Waals surface area contributed by atoms with Crippen molar-refractivity contribution in [3.8, 4) is 0 Å². The van der Waals surface area contributed by atoms with Crippen LogP contribution in [0.15, 0.2) is 0 Å². The summed E-state index contributed by atoms with van der Waals surface area (Å²) < 4.78 is 34.1. The molecule has 18 N–H and O–H groups in total. The molecule has 0 bridgehead atoms. The standard InChI is InChI=1S/In.H2O4S.9H2O/c;1-5(2,3)4;;;;;;;;;/h;(H2,1,2,3,4);9*1H2/q+3;;;;;;;;;;/p-2. The van der Waals surface area contributed by atoms with Crippen LogP contribution in [0.4, 0.5) is 0 Å². The quantitative estimate of drug-likeness (QED) is 0.294. The van der Waals surface area contributed by atoms with Gasteiger partial charge in [-0.15, -0.1) is 0 Å². The molecule has 0 saturated heterocycles. The Morgan fingerprint density at radius 1 is 0.533 bits per heavy atom. The van der Waals surface area contributed by atoms with Crippen molar-refractivity contribution < 1.29 is 66.8 Å². The van der Waals surface area contributed by atoms with Gasteiger partial charge in [0.15, 0.2) is 0 Å². The molecule has 0 radical (unpaired) electrons. The van der Waals surface area contributed by atoms with E-state index in [9.17, 15) is 0 Å². The number of hydrogen-bond acceptors (Lipinski definition) is 4. The van der Waals surface area contributed by atoms with E-state index in [-0.39, 0.29) is 75.1 Å². The summed E-state index contributed by atoms with van der Waals surface area (Å²) in [5, 5.41) is 0. The molecule has 0 unspecified atom stereocenters. The van der Waals surface area contributed by atoms with Crippen LogP contribution in [0.3, 0.4) is 0 Å². The molecule has 0 atom stereocenters. The normalized spacial score (nSPS) is 3.87. The van der Waals surface area contributed by atoms with Gasteiger partial charge >= 0.3 is 25.8 Å². The molecule has 0 aromatic heterocycles. The average molecular weight is 373 g/mol. The van der Waals surface area contributed by atoms with Gasteiger partial charge in [-0.05, 0) is 0 Å². The molecule has 15 heteroatoms. The molecule has 0 aliphatic carbocycles. The summed E-state index contributed by atoms with van der Waals surface area (Å²) in [5.74, 6) is 0. The summed E-state index contributed by atoms with van der Waals surface area (Å²) in [5.41, 5.74) is 0. The second-order valence-electron chi connectivity index (χ2n) is 0.408. The Morgan fingerprint density at radius 3 is 0.533 bits per heavy atom. The van der Waals surface area contributed by atoms with Crippen LogP contribution < -0.4 is 0 Å². The summed E-state index contributed by atoms with van der Waals surface area (Å²) >= 11 is 0. The Hall–Kier alpha value is 0.380. The molecule has 0 aliphatic rings. The van der Waals surface area contributed by atoms with Gasteiger partial charge in [-0.3, -0.25) is 8.42 Å². The topological polar surface area (TPSA) is 364 Å². The Kier molecular flexibility index (Phi) is 699. The van der Waals surface area contributed by atoms with E-state index in [4.69, 9.17) is 17.5 Å². The zero-order chi connectivity index (χ0) is 4.50. The van der Waals surface area contributed by atoms with Crippen molar-refractivity contribution >= 4 is 36.2 Å². The van der Waals surface area contributed by atoms with Crippen LogP contribution in [0, 0.1) is 0 Å². The predicted octanol–water partition coefficient (Wildman–Crippen LogP) is -9.14. The van der Waals surface area contributed by atoms with Crippen LogP contribution >= 0.6 is 0 Å². The predicted molar refractivity (Wildman–Crippen MR) is 48.8 cm³/mol. The molecule has 0 aliphatic heterocycles. The fraction of sp³-hybridized carbons (Fsp3) is 0. The Labute approximate surface area is 103 Å². The fourth-order valence-corrected chi connectivity index (χ4v) is 0. The van der Waals surface area contributed by atoms with Crippen molar-refractivity contribution in [1.82, 2.24) is 0 Å². The van der Waals surface area contributed by atoms with E-state index in [2.05, 4.69) is 0 Å². The Bertz CT molecular complexity index is 93.7. The van der Waals surface area contributed by atoms with Crippen molar-refractivity contribution in [2.75, 3.05) is 0 Å². The van der Waals surface area contributed by atoms with Gasteiger partial charge in [-0.1, -0.05) is 0 Å². The Balaban J connectivity index is -0.00000000178. The maximum absolute atomic E-state index is 8.52. The SMILES string of the molecule is O.O.O.O.O.O.O.O.O.O=S(=O)([O-])[O-].[In+3]. The van der Waals surface area contributed by atoms with E-state index >= 15 is 0 Å². The maximum Gasteiger partial charge on any atom is 3.00 e. The van der Waals surface area contributed by atoms with Crippen molar-refractivity contribution in [3.05, 3.63) is 0 Å². The fourth-order valence-electron chi connectivity index (χ4n) is 0. The Morgan fingerprint density at radius 2 is 0.533 bits per heavy atom. The minimum absolute atomic E-state index is 0. The first-order valence-corrected chi connectivity index (χ1v) is 2.00. The van der Waals surface area contributed by atoms with Gasteiger partial charge < -0.3 is 58.4 Å². The van der Waals surface area contributed by atoms with Gasteiger partial charge in [-0.25, -0.2) is 0 Å². The average Bonchev–Trinajstić information content (AvgIpc) is 0.722. The smallest absolute Gasteiger partial charge is 0.759 e. The van der Waals surface area contributed by atoms with Crippen LogP contribution in [-0.2, 0) is 10.4 Å². The van der Waals surface area contributed by atoms with Crippen molar-refractivity contribution in [3.63, 3.8) is 0 Å². The van der Waals surface area contributed by atoms with Crippen LogP contribution in [0.25, 0.3) is 0 Å². The van der Waals surface area contributed by atoms with E-state index in [0.29, 0.717) is 0 Å². The van der Waals surface area contributed by atoms with Crippen molar-refractivity contribution in [2.24, 2.45) is 0 Å². The summed E-state index contributed by atoms with van der Waals surface area (Å²) in [6.07, 6.45) is 0. The van der Waals surface area contributed by atoms with E-state index in [1.807, 2.05) is 0 Å². The van der Waals surface area contributed by atoms with Gasteiger partial charge in [0.2, 0.25) is 0 Å². The van der Waals surface area contributed by atoms with E-state index < -0.39 is 10.4 Å². The van der Waals surface area contributed by atoms with Crippen LogP contribution in [0.2, 0.25) is 0 Å². The largest absolute Gasteiger partial charge is 3.00 e. The minimum Gasteiger partial charge on any atom is -0.759 e. The van der Waals surface area contributed by atoms with Gasteiger partial charge in [0.1, 0.15) is 0 Å². The summed E-state index contributed by atoms with van der Waals surface area (Å²) in [7, 11) is -5.17. The molecule has 0 rings (SSSR count). The van der Waals surface area contributed by atoms with Crippen LogP contribution in [0.5, 0.6) is 0 Å². The summed E-state index contributed by atoms with van der Waals surface area (Å²) in [6, 6.07) is 0. The third-order valence-electron chi connectivity index (χ3n) is 0. The molecule has 0 fully saturated rings. The molecule has 13 nitrogen and oxygen atoms in total. The second-order valence-corrected chi connectivity index (χ2v) is 1.22. The molecule has 0 heterocycles. The van der Waals surface area contributed by atoms with Crippen LogP contribution in [-0.4, -0.2) is 92.7 Å². The molecule has 0 amide bonds. The van der Waals surface area contributed by atoms with Crippen molar-refractivity contribution in [2.45, 2.75) is 0 Å². The zero-order valence-electron chi connectivity index (χ0n) is 7.12.